The standard InChI is InChI=1S/C14H20N4O3/c1-5-8(2)15-11(19)6-7-18-14(20)13-12(9(3)16-18)10(4)21-17-13/h8H,5-7H2,1-4H3,(H,15,19). The van der Waals surface area contributed by atoms with Gasteiger partial charge < -0.3 is 9.84 Å². The third kappa shape index (κ3) is 3.12. The maximum Gasteiger partial charge on any atom is 0.296 e. The van der Waals surface area contributed by atoms with E-state index >= 15 is 0 Å². The number of hydrogen-bond donors (Lipinski definition) is 1. The molecule has 0 spiro atoms. The number of aryl methyl sites for hydroxylation is 3. The quantitative estimate of drug-likeness (QED) is 0.897. The minimum Gasteiger partial charge on any atom is -0.360 e. The minimum absolute atomic E-state index is 0.0906. The second kappa shape index (κ2) is 6.07. The SMILES string of the molecule is CCC(C)NC(=O)CCn1nc(C)c2c(C)onc2c1=O. The predicted molar refractivity (Wildman–Crippen MR) is 78.1 cm³/mol. The summed E-state index contributed by atoms with van der Waals surface area (Å²) in [6, 6.07) is 0.129. The monoisotopic (exact) mass is 292 g/mol. The summed E-state index contributed by atoms with van der Waals surface area (Å²) in [7, 11) is 0. The van der Waals surface area contributed by atoms with Gasteiger partial charge in [-0.25, -0.2) is 4.68 Å². The maximum absolute atomic E-state index is 12.2. The van der Waals surface area contributed by atoms with Gasteiger partial charge in [0.05, 0.1) is 17.6 Å². The van der Waals surface area contributed by atoms with Crippen LogP contribution in [-0.2, 0) is 11.3 Å². The van der Waals surface area contributed by atoms with E-state index < -0.39 is 0 Å². The molecule has 0 saturated heterocycles. The highest BCUT2D eigenvalue weighted by Gasteiger charge is 2.15. The van der Waals surface area contributed by atoms with Crippen LogP contribution < -0.4 is 10.9 Å². The zero-order chi connectivity index (χ0) is 15.6. The first-order chi connectivity index (χ1) is 9.93. The molecule has 0 fully saturated rings. The van der Waals surface area contributed by atoms with E-state index in [1.54, 1.807) is 13.8 Å². The number of carbonyl (C=O) groups excluding carboxylic acids is 1. The molecule has 2 aromatic heterocycles. The maximum atomic E-state index is 12.2. The molecule has 2 aromatic rings. The minimum atomic E-state index is -0.330. The topological polar surface area (TPSA) is 90.0 Å². The Morgan fingerprint density at radius 1 is 1.43 bits per heavy atom. The summed E-state index contributed by atoms with van der Waals surface area (Å²) in [6.45, 7) is 7.71. The van der Waals surface area contributed by atoms with E-state index in [1.165, 1.54) is 4.68 Å². The first-order valence-electron chi connectivity index (χ1n) is 7.07. The van der Waals surface area contributed by atoms with Crippen LogP contribution >= 0.6 is 0 Å². The molecule has 1 unspecified atom stereocenters. The van der Waals surface area contributed by atoms with Crippen LogP contribution in [0.4, 0.5) is 0 Å². The Kier molecular flexibility index (Phi) is 4.40. The molecule has 21 heavy (non-hydrogen) atoms. The fraction of sp³-hybridized carbons (Fsp3) is 0.571. The van der Waals surface area contributed by atoms with Gasteiger partial charge in [-0.15, -0.1) is 0 Å². The van der Waals surface area contributed by atoms with E-state index in [4.69, 9.17) is 4.52 Å². The van der Waals surface area contributed by atoms with Gasteiger partial charge in [-0.1, -0.05) is 12.1 Å². The Balaban J connectivity index is 2.18. The number of amides is 1. The summed E-state index contributed by atoms with van der Waals surface area (Å²) in [5.41, 5.74) is 0.608. The third-order valence-corrected chi connectivity index (χ3v) is 3.50. The van der Waals surface area contributed by atoms with Gasteiger partial charge in [-0.3, -0.25) is 9.59 Å². The summed E-state index contributed by atoms with van der Waals surface area (Å²) < 4.78 is 6.32. The van der Waals surface area contributed by atoms with Crippen molar-refractivity contribution in [2.75, 3.05) is 0 Å². The van der Waals surface area contributed by atoms with Crippen LogP contribution in [0.1, 0.15) is 38.1 Å². The average molecular weight is 292 g/mol. The van der Waals surface area contributed by atoms with E-state index in [0.717, 1.165) is 6.42 Å². The van der Waals surface area contributed by atoms with E-state index in [0.29, 0.717) is 16.8 Å². The van der Waals surface area contributed by atoms with Crippen molar-refractivity contribution >= 4 is 16.8 Å². The van der Waals surface area contributed by atoms with Crippen LogP contribution in [0.2, 0.25) is 0 Å². The molecule has 2 rings (SSSR count). The summed E-state index contributed by atoms with van der Waals surface area (Å²) in [4.78, 5) is 24.0. The molecule has 0 aliphatic rings. The van der Waals surface area contributed by atoms with Crippen LogP contribution in [0.15, 0.2) is 9.32 Å². The predicted octanol–water partition coefficient (Wildman–Crippen LogP) is 1.31. The van der Waals surface area contributed by atoms with Gasteiger partial charge >= 0.3 is 0 Å². The van der Waals surface area contributed by atoms with Crippen LogP contribution in [0.3, 0.4) is 0 Å². The molecule has 1 atom stereocenters. The van der Waals surface area contributed by atoms with E-state index in [1.807, 2.05) is 13.8 Å². The molecular formula is C14H20N4O3. The van der Waals surface area contributed by atoms with Gasteiger partial charge in [-0.2, -0.15) is 5.10 Å². The highest BCUT2D eigenvalue weighted by Crippen LogP contribution is 2.16. The number of rotatable bonds is 5. The van der Waals surface area contributed by atoms with Crippen LogP contribution in [0.25, 0.3) is 10.9 Å². The van der Waals surface area contributed by atoms with E-state index in [-0.39, 0.29) is 36.0 Å². The molecule has 114 valence electrons. The summed E-state index contributed by atoms with van der Waals surface area (Å²) >= 11 is 0. The van der Waals surface area contributed by atoms with Crippen molar-refractivity contribution in [2.24, 2.45) is 0 Å². The molecule has 7 nitrogen and oxygen atoms in total. The molecular weight excluding hydrogens is 272 g/mol. The highest BCUT2D eigenvalue weighted by atomic mass is 16.5. The van der Waals surface area contributed by atoms with Gasteiger partial charge in [-0.05, 0) is 27.2 Å². The van der Waals surface area contributed by atoms with Crippen molar-refractivity contribution in [3.63, 3.8) is 0 Å². The third-order valence-electron chi connectivity index (χ3n) is 3.50. The average Bonchev–Trinajstić information content (AvgIpc) is 2.84. The smallest absolute Gasteiger partial charge is 0.296 e. The van der Waals surface area contributed by atoms with Crippen molar-refractivity contribution < 1.29 is 9.32 Å². The lowest BCUT2D eigenvalue weighted by molar-refractivity contribution is -0.122. The lowest BCUT2D eigenvalue weighted by Gasteiger charge is -2.11. The first kappa shape index (κ1) is 15.2. The number of fused-ring (bicyclic) bond motifs is 1. The number of nitrogens with zero attached hydrogens (tertiary/aromatic N) is 3. The zero-order valence-corrected chi connectivity index (χ0v) is 12.8. The number of nitrogens with one attached hydrogen (secondary N) is 1. The van der Waals surface area contributed by atoms with Crippen molar-refractivity contribution in [3.05, 3.63) is 21.8 Å². The van der Waals surface area contributed by atoms with Gasteiger partial charge in [0.15, 0.2) is 5.52 Å². The Morgan fingerprint density at radius 3 is 2.81 bits per heavy atom. The molecule has 0 aliphatic carbocycles. The van der Waals surface area contributed by atoms with E-state index in [2.05, 4.69) is 15.6 Å². The van der Waals surface area contributed by atoms with Gasteiger partial charge in [0.25, 0.3) is 5.56 Å². The molecule has 0 aromatic carbocycles. The lowest BCUT2D eigenvalue weighted by atomic mass is 10.2. The fourth-order valence-corrected chi connectivity index (χ4v) is 2.15. The van der Waals surface area contributed by atoms with Crippen LogP contribution in [0.5, 0.6) is 0 Å². The number of carbonyl (C=O) groups is 1. The molecule has 7 heteroatoms. The van der Waals surface area contributed by atoms with Gasteiger partial charge in [0, 0.05) is 12.5 Å². The number of aromatic nitrogens is 3. The Labute approximate surface area is 122 Å². The largest absolute Gasteiger partial charge is 0.360 e. The molecule has 1 N–H and O–H groups in total. The van der Waals surface area contributed by atoms with E-state index in [9.17, 15) is 9.59 Å². The molecule has 1 amide bonds. The summed E-state index contributed by atoms with van der Waals surface area (Å²) in [6.07, 6.45) is 1.08. The van der Waals surface area contributed by atoms with Crippen LogP contribution in [0, 0.1) is 13.8 Å². The Bertz CT molecular complexity index is 717. The second-order valence-corrected chi connectivity index (χ2v) is 5.20. The highest BCUT2D eigenvalue weighted by molar-refractivity contribution is 5.81. The van der Waals surface area contributed by atoms with Crippen LogP contribution in [-0.4, -0.2) is 26.9 Å². The van der Waals surface area contributed by atoms with Crippen molar-refractivity contribution in [1.82, 2.24) is 20.3 Å². The normalized spacial score (nSPS) is 12.6. The van der Waals surface area contributed by atoms with Crippen molar-refractivity contribution in [2.45, 2.75) is 53.1 Å². The Morgan fingerprint density at radius 2 is 2.14 bits per heavy atom. The molecule has 0 bridgehead atoms. The summed E-state index contributed by atoms with van der Waals surface area (Å²) in [5, 5.41) is 11.5. The van der Waals surface area contributed by atoms with Crippen molar-refractivity contribution in [3.8, 4) is 0 Å². The fourth-order valence-electron chi connectivity index (χ4n) is 2.15. The first-order valence-corrected chi connectivity index (χ1v) is 7.07. The lowest BCUT2D eigenvalue weighted by Crippen LogP contribution is -2.34. The molecule has 0 aliphatic heterocycles. The second-order valence-electron chi connectivity index (χ2n) is 5.20. The number of hydrogen-bond acceptors (Lipinski definition) is 5. The summed E-state index contributed by atoms with van der Waals surface area (Å²) in [5.74, 6) is 0.487. The Hall–Kier alpha value is -2.18. The molecule has 2 heterocycles. The molecule has 0 radical (unpaired) electrons. The molecule has 0 saturated carbocycles. The van der Waals surface area contributed by atoms with Crippen molar-refractivity contribution in [1.29, 1.82) is 0 Å². The van der Waals surface area contributed by atoms with Gasteiger partial charge in [0.2, 0.25) is 5.91 Å². The van der Waals surface area contributed by atoms with Gasteiger partial charge in [0.1, 0.15) is 5.76 Å². The zero-order valence-electron chi connectivity index (χ0n) is 12.8.